The van der Waals surface area contributed by atoms with Crippen LogP contribution in [-0.4, -0.2) is 83.7 Å². The summed E-state index contributed by atoms with van der Waals surface area (Å²) in [5.74, 6) is -2.60. The number of nitrogens with one attached hydrogen (secondary N) is 3. The first-order valence-corrected chi connectivity index (χ1v) is 21.9. The van der Waals surface area contributed by atoms with Gasteiger partial charge in [-0.3, -0.25) is 19.1 Å². The van der Waals surface area contributed by atoms with E-state index in [0.717, 1.165) is 38.5 Å². The minimum absolute atomic E-state index is 0.0115. The highest BCUT2D eigenvalue weighted by molar-refractivity contribution is 7.91. The minimum Gasteiger partial charge on any atom is -0.484 e. The molecule has 3 aliphatic carbocycles. The number of carbonyl (C=O) groups is 4. The topological polar surface area (TPSA) is 186 Å². The Morgan fingerprint density at radius 3 is 2.57 bits per heavy atom. The molecule has 5 atom stereocenters. The average molecular weight is 816 g/mol. The number of hydrogen-bond acceptors (Lipinski definition) is 10. The first kappa shape index (κ1) is 38.3. The lowest BCUT2D eigenvalue weighted by molar-refractivity contribution is -0.141. The summed E-state index contributed by atoms with van der Waals surface area (Å²) in [6.07, 6.45) is 9.72. The molecule has 4 heterocycles. The second-order valence-electron chi connectivity index (χ2n) is 16.4. The van der Waals surface area contributed by atoms with E-state index >= 15 is 0 Å². The van der Waals surface area contributed by atoms with E-state index in [4.69, 9.17) is 18.9 Å². The van der Waals surface area contributed by atoms with Crippen LogP contribution < -0.4 is 20.1 Å². The summed E-state index contributed by atoms with van der Waals surface area (Å²) in [5.41, 5.74) is 0.0511. The van der Waals surface area contributed by atoms with Crippen molar-refractivity contribution in [3.8, 4) is 5.75 Å². The van der Waals surface area contributed by atoms with Crippen LogP contribution in [0.5, 0.6) is 5.75 Å². The SMILES string of the molecule is O=C(N[C@H]1CCCCCC=C[C@@H]2C[C@@]2(C(=O)NS(=O)(=O)C2CC2)NC(=O)[C@@H]2C[C@@H](Oc3c4ccccc4nc4c3oc3cc(F)ccc34)CN2C1=O)OC1CCCC1. The largest absolute Gasteiger partial charge is 0.484 e. The number of hydrogen-bond donors (Lipinski definition) is 3. The zero-order chi connectivity index (χ0) is 40.2. The van der Waals surface area contributed by atoms with Gasteiger partial charge in [0.2, 0.25) is 21.8 Å². The average Bonchev–Trinajstić information content (AvgIpc) is 4.01. The highest BCUT2D eigenvalue weighted by Gasteiger charge is 2.62. The van der Waals surface area contributed by atoms with Gasteiger partial charge in [0, 0.05) is 29.2 Å². The second-order valence-corrected chi connectivity index (χ2v) is 18.3. The third kappa shape index (κ3) is 7.46. The van der Waals surface area contributed by atoms with Crippen LogP contribution in [0.15, 0.2) is 59.0 Å². The molecule has 14 nitrogen and oxygen atoms in total. The molecule has 4 amide bonds. The Kier molecular flexibility index (Phi) is 10.0. The van der Waals surface area contributed by atoms with Gasteiger partial charge in [-0.05, 0) is 88.5 Å². The number of aromatic nitrogens is 1. The molecule has 16 heteroatoms. The number of fused-ring (bicyclic) bond motifs is 6. The summed E-state index contributed by atoms with van der Waals surface area (Å²) in [6.45, 7) is -0.0711. The Labute approximate surface area is 334 Å². The molecule has 5 aliphatic rings. The number of pyridine rings is 1. The number of halogens is 1. The first-order valence-electron chi connectivity index (χ1n) is 20.4. The van der Waals surface area contributed by atoms with Crippen LogP contribution in [0.2, 0.25) is 0 Å². The Morgan fingerprint density at radius 1 is 0.966 bits per heavy atom. The van der Waals surface area contributed by atoms with Crippen molar-refractivity contribution < 1.29 is 45.9 Å². The monoisotopic (exact) mass is 815 g/mol. The normalized spacial score (nSPS) is 27.1. The molecule has 0 unspecified atom stereocenters. The lowest BCUT2D eigenvalue weighted by atomic mass is 10.0. The molecule has 306 valence electrons. The molecular weight excluding hydrogens is 770 g/mol. The van der Waals surface area contributed by atoms with Gasteiger partial charge in [0.05, 0.1) is 17.3 Å². The molecule has 58 heavy (non-hydrogen) atoms. The summed E-state index contributed by atoms with van der Waals surface area (Å²) >= 11 is 0. The molecule has 0 bridgehead atoms. The predicted molar refractivity (Wildman–Crippen MR) is 210 cm³/mol. The number of furan rings is 1. The van der Waals surface area contributed by atoms with E-state index in [1.165, 1.54) is 17.0 Å². The Bertz CT molecular complexity index is 2440. The van der Waals surface area contributed by atoms with Crippen LogP contribution in [0, 0.1) is 11.7 Å². The van der Waals surface area contributed by atoms with Crippen molar-refractivity contribution >= 4 is 66.8 Å². The van der Waals surface area contributed by atoms with Crippen LogP contribution in [0.4, 0.5) is 9.18 Å². The van der Waals surface area contributed by atoms with Gasteiger partial charge in [0.15, 0.2) is 11.3 Å². The molecule has 2 aromatic carbocycles. The number of nitrogens with zero attached hydrogens (tertiary/aromatic N) is 2. The van der Waals surface area contributed by atoms with Crippen molar-refractivity contribution in [1.82, 2.24) is 25.2 Å². The number of para-hydroxylation sites is 1. The Hall–Kier alpha value is -5.25. The molecule has 1 saturated heterocycles. The maximum atomic E-state index is 14.7. The third-order valence-electron chi connectivity index (χ3n) is 12.2. The summed E-state index contributed by atoms with van der Waals surface area (Å²) in [5, 5.41) is 6.23. The quantitative estimate of drug-likeness (QED) is 0.197. The second kappa shape index (κ2) is 15.2. The number of carbonyl (C=O) groups excluding carboxylic acids is 4. The summed E-state index contributed by atoms with van der Waals surface area (Å²) in [7, 11) is -3.92. The Morgan fingerprint density at radius 2 is 1.76 bits per heavy atom. The Balaban J connectivity index is 1.06. The standard InChI is InChI=1S/C42H46FN5O9S/c43-25-16-19-30-34(20-25)57-37-35(30)44-31-14-9-8-13-29(31)36(37)55-27-21-33-38(49)46-42(40(51)47-58(53,54)28-17-18-28)22-24(42)10-4-2-1-3-5-15-32(39(50)48(33)23-27)45-41(52)56-26-11-6-7-12-26/h4,8-10,13-14,16,19-20,24,26-28,32-33H,1-3,5-7,11-12,15,17-18,21-23H2,(H,45,52)(H,46,49)(H,47,51)/t24-,27-,32+,33+,42-/m1/s1. The molecule has 2 aromatic heterocycles. The van der Waals surface area contributed by atoms with Gasteiger partial charge in [-0.15, -0.1) is 0 Å². The van der Waals surface area contributed by atoms with E-state index in [1.807, 2.05) is 36.4 Å². The molecule has 4 fully saturated rings. The highest BCUT2D eigenvalue weighted by Crippen LogP contribution is 2.46. The van der Waals surface area contributed by atoms with E-state index in [-0.39, 0.29) is 36.7 Å². The van der Waals surface area contributed by atoms with E-state index in [9.17, 15) is 32.0 Å². The maximum Gasteiger partial charge on any atom is 0.408 e. The van der Waals surface area contributed by atoms with Crippen LogP contribution in [0.25, 0.3) is 33.0 Å². The van der Waals surface area contributed by atoms with Crippen LogP contribution in [0.3, 0.4) is 0 Å². The van der Waals surface area contributed by atoms with Gasteiger partial charge in [0.25, 0.3) is 5.91 Å². The summed E-state index contributed by atoms with van der Waals surface area (Å²) < 4.78 is 61.0. The zero-order valence-electron chi connectivity index (χ0n) is 31.9. The van der Waals surface area contributed by atoms with Gasteiger partial charge in [-0.25, -0.2) is 22.6 Å². The lowest BCUT2D eigenvalue weighted by Crippen LogP contribution is -2.58. The van der Waals surface area contributed by atoms with Crippen molar-refractivity contribution in [1.29, 1.82) is 0 Å². The van der Waals surface area contributed by atoms with Gasteiger partial charge in [-0.2, -0.15) is 0 Å². The van der Waals surface area contributed by atoms with Gasteiger partial charge < -0.3 is 29.4 Å². The van der Waals surface area contributed by atoms with Gasteiger partial charge >= 0.3 is 6.09 Å². The molecule has 4 aromatic rings. The first-order chi connectivity index (χ1) is 28.0. The maximum absolute atomic E-state index is 14.7. The number of allylic oxidation sites excluding steroid dienone is 1. The van der Waals surface area contributed by atoms with E-state index in [1.54, 1.807) is 6.07 Å². The van der Waals surface area contributed by atoms with E-state index in [2.05, 4.69) is 15.4 Å². The number of benzene rings is 2. The minimum atomic E-state index is -3.92. The number of alkyl carbamates (subject to hydrolysis) is 1. The van der Waals surface area contributed by atoms with Crippen LogP contribution in [-0.2, 0) is 29.1 Å². The molecular formula is C42H46FN5O9S. The molecule has 2 aliphatic heterocycles. The fourth-order valence-corrected chi connectivity index (χ4v) is 10.2. The van der Waals surface area contributed by atoms with Gasteiger partial charge in [-0.1, -0.05) is 37.1 Å². The molecule has 0 radical (unpaired) electrons. The van der Waals surface area contributed by atoms with E-state index in [0.29, 0.717) is 59.7 Å². The predicted octanol–water partition coefficient (Wildman–Crippen LogP) is 5.66. The van der Waals surface area contributed by atoms with Crippen molar-refractivity contribution in [2.75, 3.05) is 6.54 Å². The lowest BCUT2D eigenvalue weighted by Gasteiger charge is -2.30. The van der Waals surface area contributed by atoms with Gasteiger partial charge in [0.1, 0.15) is 46.7 Å². The summed E-state index contributed by atoms with van der Waals surface area (Å²) in [6, 6.07) is 9.27. The van der Waals surface area contributed by atoms with Crippen molar-refractivity contribution in [2.24, 2.45) is 5.92 Å². The zero-order valence-corrected chi connectivity index (χ0v) is 32.7. The smallest absolute Gasteiger partial charge is 0.408 e. The fourth-order valence-electron chi connectivity index (χ4n) is 8.79. The number of amides is 4. The van der Waals surface area contributed by atoms with Crippen molar-refractivity contribution in [3.05, 3.63) is 60.4 Å². The number of rotatable bonds is 7. The molecule has 9 rings (SSSR count). The fraction of sp³-hybridized carbons (Fsp3) is 0.500. The van der Waals surface area contributed by atoms with Crippen LogP contribution in [0.1, 0.15) is 83.5 Å². The van der Waals surface area contributed by atoms with Crippen molar-refractivity contribution in [3.63, 3.8) is 0 Å². The van der Waals surface area contributed by atoms with Crippen molar-refractivity contribution in [2.45, 2.75) is 119 Å². The third-order valence-corrected chi connectivity index (χ3v) is 14.0. The number of ether oxygens (including phenoxy) is 2. The molecule has 3 saturated carbocycles. The van der Waals surface area contributed by atoms with E-state index < -0.39 is 74.5 Å². The van der Waals surface area contributed by atoms with Crippen LogP contribution >= 0.6 is 0 Å². The number of sulfonamides is 1. The summed E-state index contributed by atoms with van der Waals surface area (Å²) in [4.78, 5) is 62.5. The molecule has 3 N–H and O–H groups in total. The highest BCUT2D eigenvalue weighted by atomic mass is 32.2. The molecule has 0 spiro atoms.